The topological polar surface area (TPSA) is 107 Å². The molecule has 158 valence electrons. The second kappa shape index (κ2) is 7.81. The first kappa shape index (κ1) is 20.5. The second-order valence-electron chi connectivity index (χ2n) is 7.94. The quantitative estimate of drug-likeness (QED) is 0.565. The molecule has 10 heteroatoms. The van der Waals surface area contributed by atoms with Gasteiger partial charge in [0.2, 0.25) is 0 Å². The summed E-state index contributed by atoms with van der Waals surface area (Å²) in [6.45, 7) is 4.51. The first-order valence-electron chi connectivity index (χ1n) is 9.66. The summed E-state index contributed by atoms with van der Waals surface area (Å²) in [5.41, 5.74) is 0.308. The number of anilines is 1. The van der Waals surface area contributed by atoms with E-state index in [4.69, 9.17) is 11.6 Å². The number of hydrogen-bond acceptors (Lipinski definition) is 6. The van der Waals surface area contributed by atoms with Crippen LogP contribution in [0.15, 0.2) is 24.7 Å². The maximum Gasteiger partial charge on any atom is 0.323 e. The fourth-order valence-corrected chi connectivity index (χ4v) is 3.85. The van der Waals surface area contributed by atoms with Crippen molar-refractivity contribution in [1.29, 1.82) is 0 Å². The molecule has 3 N–H and O–H groups in total. The number of aromatic amines is 1. The zero-order valence-electron chi connectivity index (χ0n) is 16.6. The third-order valence-electron chi connectivity index (χ3n) is 5.56. The van der Waals surface area contributed by atoms with Crippen molar-refractivity contribution in [1.82, 2.24) is 24.8 Å². The van der Waals surface area contributed by atoms with E-state index in [1.807, 2.05) is 4.90 Å². The number of nitrogens with zero attached hydrogens (tertiary/aromatic N) is 4. The van der Waals surface area contributed by atoms with E-state index in [2.05, 4.69) is 25.3 Å². The highest BCUT2D eigenvalue weighted by Gasteiger charge is 2.37. The third kappa shape index (κ3) is 3.82. The van der Waals surface area contributed by atoms with E-state index < -0.39 is 17.3 Å². The number of carbonyl (C=O) groups is 1. The summed E-state index contributed by atoms with van der Waals surface area (Å²) in [5, 5.41) is 13.9. The minimum Gasteiger partial charge on any atom is -0.480 e. The molecular formula is C20H22ClFN6O2. The van der Waals surface area contributed by atoms with Crippen LogP contribution in [0.5, 0.6) is 0 Å². The smallest absolute Gasteiger partial charge is 0.323 e. The van der Waals surface area contributed by atoms with Gasteiger partial charge < -0.3 is 15.4 Å². The van der Waals surface area contributed by atoms with Gasteiger partial charge in [-0.1, -0.05) is 11.6 Å². The van der Waals surface area contributed by atoms with Crippen molar-refractivity contribution in [2.75, 3.05) is 18.4 Å². The average molecular weight is 433 g/mol. The van der Waals surface area contributed by atoms with E-state index in [-0.39, 0.29) is 11.9 Å². The summed E-state index contributed by atoms with van der Waals surface area (Å²) < 4.78 is 14.5. The largest absolute Gasteiger partial charge is 0.480 e. The number of fused-ring (bicyclic) bond motifs is 1. The standard InChI is InChI=1S/C20H22ClFN6O2/c1-20(2,19(29)30)28-5-3-4-12(10-28)26-18-15(22)9-25-17(27-18)14-8-24-16-13(14)6-11(21)7-23-16/h6-9,12H,3-5,10H2,1-2H3,(H,23,24)(H,29,30)(H,25,26,27)/t12-/m0/s1. The molecule has 0 aromatic carbocycles. The SMILES string of the molecule is CC(C)(C(=O)O)N1CCC[C@H](Nc2nc(-c3c[nH]c4ncc(Cl)cc34)ncc2F)C1. The number of likely N-dealkylation sites (tertiary alicyclic amines) is 1. The van der Waals surface area contributed by atoms with Gasteiger partial charge in [0.15, 0.2) is 17.5 Å². The van der Waals surface area contributed by atoms with Crippen LogP contribution >= 0.6 is 11.6 Å². The van der Waals surface area contributed by atoms with Crippen molar-refractivity contribution in [2.24, 2.45) is 0 Å². The van der Waals surface area contributed by atoms with Gasteiger partial charge >= 0.3 is 5.97 Å². The number of carboxylic acids is 1. The molecule has 0 radical (unpaired) electrons. The van der Waals surface area contributed by atoms with Crippen molar-refractivity contribution in [3.8, 4) is 11.4 Å². The Hall–Kier alpha value is -2.78. The van der Waals surface area contributed by atoms with Crippen LogP contribution in [0.25, 0.3) is 22.4 Å². The average Bonchev–Trinajstić information content (AvgIpc) is 3.13. The molecule has 0 amide bonds. The van der Waals surface area contributed by atoms with Crippen molar-refractivity contribution >= 4 is 34.4 Å². The number of nitrogens with one attached hydrogen (secondary N) is 2. The van der Waals surface area contributed by atoms with Crippen molar-refractivity contribution in [3.63, 3.8) is 0 Å². The molecule has 0 aliphatic carbocycles. The van der Waals surface area contributed by atoms with Crippen LogP contribution in [0.2, 0.25) is 5.02 Å². The maximum atomic E-state index is 14.5. The summed E-state index contributed by atoms with van der Waals surface area (Å²) >= 11 is 6.06. The molecule has 1 fully saturated rings. The molecule has 1 saturated heterocycles. The summed E-state index contributed by atoms with van der Waals surface area (Å²) in [6, 6.07) is 1.62. The number of carboxylic acid groups (broad SMARTS) is 1. The number of H-pyrrole nitrogens is 1. The molecule has 0 bridgehead atoms. The van der Waals surface area contributed by atoms with Crippen LogP contribution in [0.3, 0.4) is 0 Å². The Morgan fingerprint density at radius 1 is 1.40 bits per heavy atom. The minimum atomic E-state index is -0.994. The van der Waals surface area contributed by atoms with Crippen LogP contribution in [0.4, 0.5) is 10.2 Å². The molecule has 1 aliphatic heterocycles. The minimum absolute atomic E-state index is 0.0873. The highest BCUT2D eigenvalue weighted by molar-refractivity contribution is 6.31. The number of halogens is 2. The Balaban J connectivity index is 1.59. The molecule has 8 nitrogen and oxygen atoms in total. The zero-order chi connectivity index (χ0) is 21.5. The van der Waals surface area contributed by atoms with Crippen molar-refractivity contribution in [2.45, 2.75) is 38.3 Å². The lowest BCUT2D eigenvalue weighted by Crippen LogP contribution is -2.56. The summed E-state index contributed by atoms with van der Waals surface area (Å²) in [5.74, 6) is -1.02. The van der Waals surface area contributed by atoms with E-state index >= 15 is 0 Å². The molecule has 0 unspecified atom stereocenters. The van der Waals surface area contributed by atoms with Gasteiger partial charge in [-0.25, -0.2) is 19.3 Å². The summed E-state index contributed by atoms with van der Waals surface area (Å²) in [7, 11) is 0. The van der Waals surface area contributed by atoms with Crippen LogP contribution in [0.1, 0.15) is 26.7 Å². The fraction of sp³-hybridized carbons (Fsp3) is 0.400. The van der Waals surface area contributed by atoms with Crippen LogP contribution in [-0.4, -0.2) is 60.6 Å². The lowest BCUT2D eigenvalue weighted by Gasteiger charge is -2.41. The number of pyridine rings is 1. The van der Waals surface area contributed by atoms with Crippen LogP contribution in [-0.2, 0) is 4.79 Å². The normalized spacial score (nSPS) is 17.9. The monoisotopic (exact) mass is 432 g/mol. The number of rotatable bonds is 5. The van der Waals surface area contributed by atoms with Gasteiger partial charge in [-0.05, 0) is 39.3 Å². The predicted octanol–water partition coefficient (Wildman–Crippen LogP) is 3.55. The van der Waals surface area contributed by atoms with Gasteiger partial charge in [0, 0.05) is 35.9 Å². The van der Waals surface area contributed by atoms with E-state index in [9.17, 15) is 14.3 Å². The van der Waals surface area contributed by atoms with Gasteiger partial charge in [-0.15, -0.1) is 0 Å². The van der Waals surface area contributed by atoms with Gasteiger partial charge in [0.25, 0.3) is 0 Å². The predicted molar refractivity (Wildman–Crippen MR) is 112 cm³/mol. The number of piperidine rings is 1. The number of hydrogen-bond donors (Lipinski definition) is 3. The Labute approximate surface area is 177 Å². The molecule has 1 atom stereocenters. The molecule has 1 aliphatic rings. The first-order valence-corrected chi connectivity index (χ1v) is 10.0. The van der Waals surface area contributed by atoms with Gasteiger partial charge in [0.05, 0.1) is 11.2 Å². The Bertz CT molecular complexity index is 1100. The van der Waals surface area contributed by atoms with Crippen LogP contribution in [0, 0.1) is 5.82 Å². The van der Waals surface area contributed by atoms with Crippen molar-refractivity contribution in [3.05, 3.63) is 35.5 Å². The van der Waals surface area contributed by atoms with Crippen molar-refractivity contribution < 1.29 is 14.3 Å². The second-order valence-corrected chi connectivity index (χ2v) is 8.37. The summed E-state index contributed by atoms with van der Waals surface area (Å²) in [6.07, 6.45) is 5.97. The zero-order valence-corrected chi connectivity index (χ0v) is 17.4. The van der Waals surface area contributed by atoms with Gasteiger partial charge in [0.1, 0.15) is 11.2 Å². The lowest BCUT2D eigenvalue weighted by molar-refractivity contribution is -0.150. The lowest BCUT2D eigenvalue weighted by atomic mass is 9.96. The fourth-order valence-electron chi connectivity index (χ4n) is 3.69. The summed E-state index contributed by atoms with van der Waals surface area (Å²) in [4.78, 5) is 29.2. The Kier molecular flexibility index (Phi) is 5.33. The van der Waals surface area contributed by atoms with Gasteiger partial charge in [-0.2, -0.15) is 0 Å². The van der Waals surface area contributed by atoms with E-state index in [1.165, 1.54) is 6.20 Å². The highest BCUT2D eigenvalue weighted by Crippen LogP contribution is 2.29. The third-order valence-corrected chi connectivity index (χ3v) is 5.77. The number of aliphatic carboxylic acids is 1. The molecule has 4 rings (SSSR count). The molecule has 3 aromatic heterocycles. The molecule has 0 spiro atoms. The molecule has 30 heavy (non-hydrogen) atoms. The first-order chi connectivity index (χ1) is 14.3. The van der Waals surface area contributed by atoms with Crippen LogP contribution < -0.4 is 5.32 Å². The Morgan fingerprint density at radius 2 is 2.20 bits per heavy atom. The molecule has 4 heterocycles. The molecular weight excluding hydrogens is 411 g/mol. The van der Waals surface area contributed by atoms with E-state index in [1.54, 1.807) is 26.1 Å². The van der Waals surface area contributed by atoms with E-state index in [0.29, 0.717) is 35.1 Å². The van der Waals surface area contributed by atoms with E-state index in [0.717, 1.165) is 24.4 Å². The maximum absolute atomic E-state index is 14.5. The highest BCUT2D eigenvalue weighted by atomic mass is 35.5. The Morgan fingerprint density at radius 3 is 2.97 bits per heavy atom. The van der Waals surface area contributed by atoms with Gasteiger partial charge in [-0.3, -0.25) is 9.69 Å². The molecule has 0 saturated carbocycles. The molecule has 3 aromatic rings. The number of aromatic nitrogens is 4.